The van der Waals surface area contributed by atoms with Crippen LogP contribution in [0.2, 0.25) is 0 Å². The molecule has 5 heteroatoms. The summed E-state index contributed by atoms with van der Waals surface area (Å²) in [5.74, 6) is 1.85. The first-order valence-electron chi connectivity index (χ1n) is 6.12. The van der Waals surface area contributed by atoms with E-state index in [1.807, 2.05) is 4.57 Å². The summed E-state index contributed by atoms with van der Waals surface area (Å²) in [6.07, 6.45) is 1.15. The Hall–Kier alpha value is -0.940. The molecular formula is C12H21N3O2. The summed E-state index contributed by atoms with van der Waals surface area (Å²) < 4.78 is 7.63. The van der Waals surface area contributed by atoms with Gasteiger partial charge in [-0.05, 0) is 34.1 Å². The topological polar surface area (TPSA) is 60.2 Å². The minimum atomic E-state index is -0.126. The Labute approximate surface area is 102 Å². The third kappa shape index (κ3) is 2.21. The van der Waals surface area contributed by atoms with Crippen molar-refractivity contribution < 1.29 is 9.84 Å². The van der Waals surface area contributed by atoms with Crippen LogP contribution >= 0.6 is 0 Å². The zero-order valence-corrected chi connectivity index (χ0v) is 11.0. The number of aromatic nitrogens is 3. The molecule has 5 nitrogen and oxygen atoms in total. The summed E-state index contributed by atoms with van der Waals surface area (Å²) >= 11 is 0. The van der Waals surface area contributed by atoms with Crippen molar-refractivity contribution in [3.63, 3.8) is 0 Å². The zero-order chi connectivity index (χ0) is 12.6. The van der Waals surface area contributed by atoms with Crippen molar-refractivity contribution >= 4 is 0 Å². The van der Waals surface area contributed by atoms with Crippen molar-refractivity contribution in [2.75, 3.05) is 6.61 Å². The Morgan fingerprint density at radius 1 is 1.41 bits per heavy atom. The van der Waals surface area contributed by atoms with Crippen molar-refractivity contribution in [3.05, 3.63) is 11.6 Å². The second-order valence-electron chi connectivity index (χ2n) is 5.61. The van der Waals surface area contributed by atoms with Gasteiger partial charge < -0.3 is 14.4 Å². The molecule has 0 bridgehead atoms. The highest BCUT2D eigenvalue weighted by Crippen LogP contribution is 2.33. The summed E-state index contributed by atoms with van der Waals surface area (Å²) in [6, 6.07) is 0. The van der Waals surface area contributed by atoms with Gasteiger partial charge in [0.05, 0.1) is 6.10 Å². The third-order valence-electron chi connectivity index (χ3n) is 3.28. The van der Waals surface area contributed by atoms with Gasteiger partial charge in [0.1, 0.15) is 12.4 Å². The maximum absolute atomic E-state index is 9.35. The fourth-order valence-corrected chi connectivity index (χ4v) is 2.47. The maximum Gasteiger partial charge on any atom is 0.159 e. The van der Waals surface area contributed by atoms with Gasteiger partial charge in [0.2, 0.25) is 0 Å². The molecule has 1 fully saturated rings. The quantitative estimate of drug-likeness (QED) is 0.848. The smallest absolute Gasteiger partial charge is 0.159 e. The van der Waals surface area contributed by atoms with Crippen molar-refractivity contribution in [2.45, 2.75) is 58.3 Å². The van der Waals surface area contributed by atoms with Crippen LogP contribution in [0.5, 0.6) is 0 Å². The van der Waals surface area contributed by atoms with Gasteiger partial charge >= 0.3 is 0 Å². The normalized spacial score (nSPS) is 25.5. The molecular weight excluding hydrogens is 218 g/mol. The van der Waals surface area contributed by atoms with E-state index in [1.165, 1.54) is 0 Å². The first-order valence-corrected chi connectivity index (χ1v) is 6.12. The van der Waals surface area contributed by atoms with Gasteiger partial charge in [-0.2, -0.15) is 0 Å². The van der Waals surface area contributed by atoms with E-state index in [9.17, 15) is 5.11 Å². The molecule has 2 heterocycles. The van der Waals surface area contributed by atoms with Crippen LogP contribution < -0.4 is 0 Å². The van der Waals surface area contributed by atoms with Crippen molar-refractivity contribution in [1.29, 1.82) is 0 Å². The predicted octanol–water partition coefficient (Wildman–Crippen LogP) is 1.42. The second-order valence-corrected chi connectivity index (χ2v) is 5.61. The molecule has 0 aliphatic carbocycles. The lowest BCUT2D eigenvalue weighted by molar-refractivity contribution is 0.115. The standard InChI is InChI=1S/C12H21N3O2/c1-8-9(5-6-17-8)11-14-13-10(7-16)15(11)12(2,3)4/h8-9,16H,5-7H2,1-4H3. The summed E-state index contributed by atoms with van der Waals surface area (Å²) in [5.41, 5.74) is -0.126. The largest absolute Gasteiger partial charge is 0.388 e. The average Bonchev–Trinajstić information content (AvgIpc) is 2.81. The van der Waals surface area contributed by atoms with Crippen molar-refractivity contribution in [1.82, 2.24) is 14.8 Å². The Morgan fingerprint density at radius 3 is 2.59 bits per heavy atom. The minimum Gasteiger partial charge on any atom is -0.388 e. The highest BCUT2D eigenvalue weighted by atomic mass is 16.5. The summed E-state index contributed by atoms with van der Waals surface area (Å²) in [6.45, 7) is 9.06. The second kappa shape index (κ2) is 4.38. The average molecular weight is 239 g/mol. The molecule has 1 aromatic heterocycles. The Bertz CT molecular complexity index is 395. The molecule has 1 saturated heterocycles. The number of ether oxygens (including phenoxy) is 1. The van der Waals surface area contributed by atoms with Gasteiger partial charge in [0.15, 0.2) is 5.82 Å². The number of aliphatic hydroxyl groups excluding tert-OH is 1. The van der Waals surface area contributed by atoms with E-state index < -0.39 is 0 Å². The first-order chi connectivity index (χ1) is 7.95. The summed E-state index contributed by atoms with van der Waals surface area (Å²) in [5, 5.41) is 17.7. The predicted molar refractivity (Wildman–Crippen MR) is 63.7 cm³/mol. The molecule has 1 aliphatic rings. The van der Waals surface area contributed by atoms with Gasteiger partial charge in [0, 0.05) is 18.1 Å². The SMILES string of the molecule is CC1OCCC1c1nnc(CO)n1C(C)(C)C. The van der Waals surface area contributed by atoms with E-state index in [-0.39, 0.29) is 24.2 Å². The van der Waals surface area contributed by atoms with E-state index in [2.05, 4.69) is 37.9 Å². The van der Waals surface area contributed by atoms with Crippen LogP contribution in [0.15, 0.2) is 0 Å². The van der Waals surface area contributed by atoms with Crippen LogP contribution in [0.3, 0.4) is 0 Å². The van der Waals surface area contributed by atoms with E-state index in [4.69, 9.17) is 4.74 Å². The Morgan fingerprint density at radius 2 is 2.12 bits per heavy atom. The zero-order valence-electron chi connectivity index (χ0n) is 11.0. The highest BCUT2D eigenvalue weighted by Gasteiger charge is 2.33. The fraction of sp³-hybridized carbons (Fsp3) is 0.833. The Balaban J connectivity index is 2.44. The number of hydrogen-bond acceptors (Lipinski definition) is 4. The van der Waals surface area contributed by atoms with Crippen LogP contribution in [-0.2, 0) is 16.9 Å². The van der Waals surface area contributed by atoms with Gasteiger partial charge in [-0.3, -0.25) is 0 Å². The van der Waals surface area contributed by atoms with Crippen LogP contribution in [0.1, 0.15) is 51.7 Å². The van der Waals surface area contributed by atoms with Gasteiger partial charge in [0.25, 0.3) is 0 Å². The summed E-state index contributed by atoms with van der Waals surface area (Å²) in [4.78, 5) is 0. The molecule has 1 aliphatic heterocycles. The molecule has 1 N–H and O–H groups in total. The number of nitrogens with zero attached hydrogens (tertiary/aromatic N) is 3. The molecule has 1 aromatic rings. The van der Waals surface area contributed by atoms with Gasteiger partial charge in [-0.15, -0.1) is 10.2 Å². The fourth-order valence-electron chi connectivity index (χ4n) is 2.47. The van der Waals surface area contributed by atoms with E-state index >= 15 is 0 Å². The lowest BCUT2D eigenvalue weighted by Gasteiger charge is -2.27. The molecule has 0 aromatic carbocycles. The molecule has 0 amide bonds. The van der Waals surface area contributed by atoms with Gasteiger partial charge in [-0.1, -0.05) is 0 Å². The maximum atomic E-state index is 9.35. The molecule has 0 spiro atoms. The minimum absolute atomic E-state index is 0.0772. The van der Waals surface area contributed by atoms with Crippen LogP contribution in [0.4, 0.5) is 0 Å². The number of rotatable bonds is 2. The molecule has 0 saturated carbocycles. The Kier molecular flexibility index (Phi) is 3.23. The van der Waals surface area contributed by atoms with Gasteiger partial charge in [-0.25, -0.2) is 0 Å². The highest BCUT2D eigenvalue weighted by molar-refractivity contribution is 5.09. The van der Waals surface area contributed by atoms with Crippen molar-refractivity contribution in [3.8, 4) is 0 Å². The number of aliphatic hydroxyl groups is 1. The summed E-state index contributed by atoms with van der Waals surface area (Å²) in [7, 11) is 0. The monoisotopic (exact) mass is 239 g/mol. The van der Waals surface area contributed by atoms with E-state index in [0.717, 1.165) is 18.9 Å². The van der Waals surface area contributed by atoms with Crippen LogP contribution in [0.25, 0.3) is 0 Å². The van der Waals surface area contributed by atoms with Crippen LogP contribution in [-0.4, -0.2) is 32.6 Å². The van der Waals surface area contributed by atoms with E-state index in [1.54, 1.807) is 0 Å². The number of hydrogen-bond donors (Lipinski definition) is 1. The molecule has 2 rings (SSSR count). The van der Waals surface area contributed by atoms with Crippen molar-refractivity contribution in [2.24, 2.45) is 0 Å². The first kappa shape index (κ1) is 12.5. The van der Waals surface area contributed by atoms with Crippen LogP contribution in [0, 0.1) is 0 Å². The van der Waals surface area contributed by atoms with E-state index in [0.29, 0.717) is 5.82 Å². The molecule has 17 heavy (non-hydrogen) atoms. The molecule has 2 atom stereocenters. The molecule has 96 valence electrons. The lowest BCUT2D eigenvalue weighted by atomic mass is 9.99. The lowest BCUT2D eigenvalue weighted by Crippen LogP contribution is -2.29. The molecule has 2 unspecified atom stereocenters. The third-order valence-corrected chi connectivity index (χ3v) is 3.28. The molecule has 0 radical (unpaired) electrons.